The molecular weight excluding hydrogens is 188 g/mol. The van der Waals surface area contributed by atoms with Crippen molar-refractivity contribution in [2.45, 2.75) is 20.3 Å². The highest BCUT2D eigenvalue weighted by molar-refractivity contribution is 5.98. The largest absolute Gasteiger partial charge is 0.496 e. The molecule has 0 saturated heterocycles. The van der Waals surface area contributed by atoms with Crippen LogP contribution in [-0.4, -0.2) is 12.9 Å². The molecule has 0 fully saturated rings. The SMILES string of the molecule is CCC(=O)/C(C)=C\c1ccccc1OC. The topological polar surface area (TPSA) is 26.3 Å². The number of ether oxygens (including phenoxy) is 1. The molecule has 1 aromatic rings. The van der Waals surface area contributed by atoms with Gasteiger partial charge in [-0.25, -0.2) is 0 Å². The lowest BCUT2D eigenvalue weighted by atomic mass is 10.1. The van der Waals surface area contributed by atoms with Gasteiger partial charge in [0.05, 0.1) is 7.11 Å². The average molecular weight is 204 g/mol. The fraction of sp³-hybridized carbons (Fsp3) is 0.308. The maximum atomic E-state index is 11.4. The zero-order valence-corrected chi connectivity index (χ0v) is 9.41. The van der Waals surface area contributed by atoms with Crippen molar-refractivity contribution in [1.29, 1.82) is 0 Å². The predicted octanol–water partition coefficient (Wildman–Crippen LogP) is 3.08. The summed E-state index contributed by atoms with van der Waals surface area (Å²) >= 11 is 0. The van der Waals surface area contributed by atoms with Crippen LogP contribution in [0, 0.1) is 0 Å². The second-order valence-corrected chi connectivity index (χ2v) is 3.35. The van der Waals surface area contributed by atoms with Gasteiger partial charge in [-0.15, -0.1) is 0 Å². The third kappa shape index (κ3) is 2.94. The number of benzene rings is 1. The van der Waals surface area contributed by atoms with Gasteiger partial charge in [0.2, 0.25) is 0 Å². The summed E-state index contributed by atoms with van der Waals surface area (Å²) in [7, 11) is 1.63. The van der Waals surface area contributed by atoms with Gasteiger partial charge in [-0.2, -0.15) is 0 Å². The number of para-hydroxylation sites is 1. The summed E-state index contributed by atoms with van der Waals surface area (Å²) in [5.74, 6) is 0.960. The Morgan fingerprint density at radius 3 is 2.67 bits per heavy atom. The van der Waals surface area contributed by atoms with Crippen LogP contribution in [0.4, 0.5) is 0 Å². The molecule has 0 aliphatic carbocycles. The first-order valence-corrected chi connectivity index (χ1v) is 5.03. The van der Waals surface area contributed by atoms with E-state index in [4.69, 9.17) is 4.74 Å². The highest BCUT2D eigenvalue weighted by Crippen LogP contribution is 2.20. The van der Waals surface area contributed by atoms with Crippen molar-refractivity contribution in [2.24, 2.45) is 0 Å². The van der Waals surface area contributed by atoms with E-state index < -0.39 is 0 Å². The van der Waals surface area contributed by atoms with Gasteiger partial charge < -0.3 is 4.74 Å². The van der Waals surface area contributed by atoms with Crippen LogP contribution in [0.3, 0.4) is 0 Å². The highest BCUT2D eigenvalue weighted by Gasteiger charge is 2.03. The molecule has 0 atom stereocenters. The molecule has 0 heterocycles. The Hall–Kier alpha value is -1.57. The van der Waals surface area contributed by atoms with Crippen molar-refractivity contribution < 1.29 is 9.53 Å². The third-order valence-corrected chi connectivity index (χ3v) is 2.27. The smallest absolute Gasteiger partial charge is 0.158 e. The van der Waals surface area contributed by atoms with Crippen LogP contribution in [0.1, 0.15) is 25.8 Å². The summed E-state index contributed by atoms with van der Waals surface area (Å²) in [4.78, 5) is 11.4. The number of carbonyl (C=O) groups is 1. The van der Waals surface area contributed by atoms with E-state index in [2.05, 4.69) is 0 Å². The van der Waals surface area contributed by atoms with E-state index in [0.717, 1.165) is 16.9 Å². The molecule has 2 heteroatoms. The molecule has 1 aromatic carbocycles. The maximum absolute atomic E-state index is 11.4. The summed E-state index contributed by atoms with van der Waals surface area (Å²) in [6.45, 7) is 3.69. The van der Waals surface area contributed by atoms with Crippen molar-refractivity contribution in [3.63, 3.8) is 0 Å². The molecule has 1 rings (SSSR count). The normalized spacial score (nSPS) is 11.3. The average Bonchev–Trinajstić information content (AvgIpc) is 2.28. The number of rotatable bonds is 4. The molecule has 0 radical (unpaired) electrons. The monoisotopic (exact) mass is 204 g/mol. The molecule has 15 heavy (non-hydrogen) atoms. The lowest BCUT2D eigenvalue weighted by Crippen LogP contribution is -1.96. The van der Waals surface area contributed by atoms with E-state index >= 15 is 0 Å². The molecule has 0 aliphatic rings. The fourth-order valence-electron chi connectivity index (χ4n) is 1.38. The molecule has 80 valence electrons. The van der Waals surface area contributed by atoms with Gasteiger partial charge in [0.1, 0.15) is 5.75 Å². The lowest BCUT2D eigenvalue weighted by molar-refractivity contribution is -0.115. The fourth-order valence-corrected chi connectivity index (χ4v) is 1.38. The van der Waals surface area contributed by atoms with Gasteiger partial charge in [-0.3, -0.25) is 4.79 Å². The van der Waals surface area contributed by atoms with Crippen molar-refractivity contribution in [3.05, 3.63) is 35.4 Å². The minimum absolute atomic E-state index is 0.168. The van der Waals surface area contributed by atoms with Gasteiger partial charge in [0.15, 0.2) is 5.78 Å². The van der Waals surface area contributed by atoms with Crippen LogP contribution in [0.25, 0.3) is 6.08 Å². The van der Waals surface area contributed by atoms with E-state index in [-0.39, 0.29) is 5.78 Å². The molecule has 0 saturated carbocycles. The maximum Gasteiger partial charge on any atom is 0.158 e. The van der Waals surface area contributed by atoms with Crippen molar-refractivity contribution in [3.8, 4) is 5.75 Å². The molecule has 0 aromatic heterocycles. The van der Waals surface area contributed by atoms with Gasteiger partial charge in [0.25, 0.3) is 0 Å². The van der Waals surface area contributed by atoms with Crippen LogP contribution in [0.5, 0.6) is 5.75 Å². The third-order valence-electron chi connectivity index (χ3n) is 2.27. The Bertz CT molecular complexity index is 378. The molecule has 2 nitrogen and oxygen atoms in total. The van der Waals surface area contributed by atoms with Gasteiger partial charge in [-0.05, 0) is 24.6 Å². The first-order chi connectivity index (χ1) is 7.19. The highest BCUT2D eigenvalue weighted by atomic mass is 16.5. The number of hydrogen-bond donors (Lipinski definition) is 0. The van der Waals surface area contributed by atoms with E-state index in [9.17, 15) is 4.79 Å². The molecular formula is C13H16O2. The van der Waals surface area contributed by atoms with Gasteiger partial charge in [0, 0.05) is 12.0 Å². The summed E-state index contributed by atoms with van der Waals surface area (Å²) in [5.41, 5.74) is 1.71. The van der Waals surface area contributed by atoms with Crippen LogP contribution in [0.15, 0.2) is 29.8 Å². The summed E-state index contributed by atoms with van der Waals surface area (Å²) < 4.78 is 5.20. The zero-order chi connectivity index (χ0) is 11.3. The molecule has 0 unspecified atom stereocenters. The summed E-state index contributed by atoms with van der Waals surface area (Å²) in [5, 5.41) is 0. The minimum atomic E-state index is 0.168. The van der Waals surface area contributed by atoms with E-state index in [1.54, 1.807) is 7.11 Å². The van der Waals surface area contributed by atoms with E-state index in [0.29, 0.717) is 6.42 Å². The number of methoxy groups -OCH3 is 1. The first kappa shape index (κ1) is 11.5. The quantitative estimate of drug-likeness (QED) is 0.704. The molecule has 0 aliphatic heterocycles. The first-order valence-electron chi connectivity index (χ1n) is 5.03. The molecule has 0 spiro atoms. The Kier molecular flexibility index (Phi) is 4.10. The summed E-state index contributed by atoms with van der Waals surface area (Å²) in [6, 6.07) is 7.66. The standard InChI is InChI=1S/C13H16O2/c1-4-12(14)10(2)9-11-7-5-6-8-13(11)15-3/h5-9H,4H2,1-3H3/b10-9-. The van der Waals surface area contributed by atoms with Crippen LogP contribution in [-0.2, 0) is 4.79 Å². The van der Waals surface area contributed by atoms with Gasteiger partial charge >= 0.3 is 0 Å². The molecule has 0 amide bonds. The predicted molar refractivity (Wildman–Crippen MR) is 61.9 cm³/mol. The number of carbonyl (C=O) groups excluding carboxylic acids is 1. The Balaban J connectivity index is 3.02. The van der Waals surface area contributed by atoms with Gasteiger partial charge in [-0.1, -0.05) is 25.1 Å². The number of allylic oxidation sites excluding steroid dienone is 1. The molecule has 0 N–H and O–H groups in total. The lowest BCUT2D eigenvalue weighted by Gasteiger charge is -2.04. The van der Waals surface area contributed by atoms with Crippen molar-refractivity contribution in [2.75, 3.05) is 7.11 Å². The minimum Gasteiger partial charge on any atom is -0.496 e. The van der Waals surface area contributed by atoms with Crippen LogP contribution >= 0.6 is 0 Å². The second-order valence-electron chi connectivity index (χ2n) is 3.35. The number of hydrogen-bond acceptors (Lipinski definition) is 2. The van der Waals surface area contributed by atoms with Crippen LogP contribution < -0.4 is 4.74 Å². The van der Waals surface area contributed by atoms with E-state index in [1.165, 1.54) is 0 Å². The Labute approximate surface area is 90.6 Å². The Morgan fingerprint density at radius 1 is 1.40 bits per heavy atom. The second kappa shape index (κ2) is 5.35. The molecule has 0 bridgehead atoms. The summed E-state index contributed by atoms with van der Waals surface area (Å²) in [6.07, 6.45) is 2.40. The van der Waals surface area contributed by atoms with Crippen LogP contribution in [0.2, 0.25) is 0 Å². The number of ketones is 1. The number of Topliss-reactive ketones (excluding diaryl/α,β-unsaturated/α-hetero) is 1. The Morgan fingerprint density at radius 2 is 2.07 bits per heavy atom. The van der Waals surface area contributed by atoms with E-state index in [1.807, 2.05) is 44.2 Å². The van der Waals surface area contributed by atoms with Crippen molar-refractivity contribution >= 4 is 11.9 Å². The van der Waals surface area contributed by atoms with Crippen molar-refractivity contribution in [1.82, 2.24) is 0 Å². The zero-order valence-electron chi connectivity index (χ0n) is 9.41.